The highest BCUT2D eigenvalue weighted by Crippen LogP contribution is 2.53. The maximum Gasteiger partial charge on any atom is 0.338 e. The quantitative estimate of drug-likeness (QED) is 0.427. The molecular weight excluding hydrogens is 376 g/mol. The van der Waals surface area contributed by atoms with Gasteiger partial charge in [-0.2, -0.15) is 0 Å². The summed E-state index contributed by atoms with van der Waals surface area (Å²) >= 11 is 0. The van der Waals surface area contributed by atoms with Crippen molar-refractivity contribution in [3.8, 4) is 5.75 Å². The van der Waals surface area contributed by atoms with Crippen LogP contribution in [0.15, 0.2) is 41.5 Å². The van der Waals surface area contributed by atoms with Gasteiger partial charge in [0.05, 0.1) is 34.0 Å². The third-order valence-electron chi connectivity index (χ3n) is 5.73. The van der Waals surface area contributed by atoms with E-state index < -0.39 is 23.3 Å². The van der Waals surface area contributed by atoms with E-state index in [1.54, 1.807) is 13.2 Å². The summed E-state index contributed by atoms with van der Waals surface area (Å²) in [6, 6.07) is 7.38. The molecule has 0 aliphatic heterocycles. The summed E-state index contributed by atoms with van der Waals surface area (Å²) in [7, 11) is 5.42. The Labute approximate surface area is 169 Å². The number of benzene rings is 1. The molecule has 1 saturated carbocycles. The molecule has 1 aromatic carbocycles. The molecule has 2 aliphatic carbocycles. The van der Waals surface area contributed by atoms with E-state index in [0.29, 0.717) is 17.7 Å². The number of carbonyl (C=O) groups excluding carboxylic acids is 3. The van der Waals surface area contributed by atoms with E-state index in [0.717, 1.165) is 16.7 Å². The molecular formula is C22H24O7. The molecule has 3 rings (SSSR count). The predicted molar refractivity (Wildman–Crippen MR) is 104 cm³/mol. The van der Waals surface area contributed by atoms with Gasteiger partial charge < -0.3 is 18.9 Å². The van der Waals surface area contributed by atoms with Gasteiger partial charge in [0, 0.05) is 0 Å². The Bertz CT molecular complexity index is 876. The Morgan fingerprint density at radius 3 is 2.07 bits per heavy atom. The van der Waals surface area contributed by atoms with Crippen LogP contribution >= 0.6 is 0 Å². The number of hydrogen-bond acceptors (Lipinski definition) is 7. The van der Waals surface area contributed by atoms with E-state index >= 15 is 0 Å². The third-order valence-corrected chi connectivity index (χ3v) is 5.73. The molecule has 0 saturated heterocycles. The average Bonchev–Trinajstić information content (AvgIpc) is 3.16. The molecule has 0 aromatic heterocycles. The second-order valence-electron chi connectivity index (χ2n) is 7.18. The first-order chi connectivity index (χ1) is 13.9. The summed E-state index contributed by atoms with van der Waals surface area (Å²) in [5.41, 5.74) is 1.54. The highest BCUT2D eigenvalue weighted by Gasteiger charge is 2.56. The van der Waals surface area contributed by atoms with E-state index in [4.69, 9.17) is 18.9 Å². The van der Waals surface area contributed by atoms with Crippen LogP contribution in [0.3, 0.4) is 0 Å². The molecule has 1 aromatic rings. The van der Waals surface area contributed by atoms with Crippen LogP contribution in [0, 0.1) is 11.3 Å². The molecule has 2 aliphatic rings. The number of hydrogen-bond donors (Lipinski definition) is 0. The van der Waals surface area contributed by atoms with Crippen LogP contribution in [0.4, 0.5) is 0 Å². The van der Waals surface area contributed by atoms with E-state index in [2.05, 4.69) is 0 Å². The minimum absolute atomic E-state index is 0.0845. The topological polar surface area (TPSA) is 88.1 Å². The van der Waals surface area contributed by atoms with E-state index in [-0.39, 0.29) is 18.8 Å². The van der Waals surface area contributed by atoms with Crippen molar-refractivity contribution in [2.75, 3.05) is 28.4 Å². The molecule has 0 spiro atoms. The summed E-state index contributed by atoms with van der Waals surface area (Å²) in [4.78, 5) is 37.5. The maximum absolute atomic E-state index is 12.5. The van der Waals surface area contributed by atoms with Gasteiger partial charge in [0.2, 0.25) is 0 Å². The third kappa shape index (κ3) is 3.52. The molecule has 0 unspecified atom stereocenters. The van der Waals surface area contributed by atoms with Gasteiger partial charge in [-0.3, -0.25) is 9.59 Å². The van der Waals surface area contributed by atoms with Crippen LogP contribution in [-0.4, -0.2) is 46.3 Å². The number of ether oxygens (including phenoxy) is 4. The first kappa shape index (κ1) is 20.6. The largest absolute Gasteiger partial charge is 0.497 e. The molecule has 0 bridgehead atoms. The van der Waals surface area contributed by atoms with Crippen molar-refractivity contribution in [1.82, 2.24) is 0 Å². The Hall–Kier alpha value is -3.09. The Kier molecular flexibility index (Phi) is 5.77. The molecule has 7 heteroatoms. The Morgan fingerprint density at radius 2 is 1.55 bits per heavy atom. The average molecular weight is 400 g/mol. The molecule has 0 radical (unpaired) electrons. The van der Waals surface area contributed by atoms with Gasteiger partial charge in [-0.05, 0) is 54.5 Å². The van der Waals surface area contributed by atoms with Crippen LogP contribution in [0.1, 0.15) is 24.8 Å². The van der Waals surface area contributed by atoms with Crippen LogP contribution in [0.25, 0.3) is 5.57 Å². The maximum atomic E-state index is 12.5. The van der Waals surface area contributed by atoms with E-state index in [1.807, 2.05) is 24.3 Å². The second-order valence-corrected chi connectivity index (χ2v) is 7.18. The summed E-state index contributed by atoms with van der Waals surface area (Å²) in [6.07, 6.45) is 2.67. The highest BCUT2D eigenvalue weighted by molar-refractivity contribution is 6.04. The molecule has 154 valence electrons. The summed E-state index contributed by atoms with van der Waals surface area (Å²) < 4.78 is 20.0. The van der Waals surface area contributed by atoms with Crippen LogP contribution in [0.5, 0.6) is 5.75 Å². The fourth-order valence-electron chi connectivity index (χ4n) is 4.26. The molecule has 0 heterocycles. The zero-order valence-corrected chi connectivity index (χ0v) is 16.9. The van der Waals surface area contributed by atoms with Crippen molar-refractivity contribution in [2.45, 2.75) is 19.3 Å². The van der Waals surface area contributed by atoms with Crippen LogP contribution in [-0.2, 0) is 28.6 Å². The van der Waals surface area contributed by atoms with Gasteiger partial charge in [0.15, 0.2) is 5.41 Å². The monoisotopic (exact) mass is 400 g/mol. The summed E-state index contributed by atoms with van der Waals surface area (Å²) in [5.74, 6) is -1.08. The highest BCUT2D eigenvalue weighted by atomic mass is 16.5. The number of allylic oxidation sites excluding steroid dienone is 2. The van der Waals surface area contributed by atoms with Gasteiger partial charge in [0.25, 0.3) is 0 Å². The first-order valence-corrected chi connectivity index (χ1v) is 9.23. The number of methoxy groups -OCH3 is 4. The van der Waals surface area contributed by atoms with Gasteiger partial charge >= 0.3 is 17.9 Å². The van der Waals surface area contributed by atoms with Crippen molar-refractivity contribution in [3.63, 3.8) is 0 Å². The normalized spacial score (nSPS) is 19.7. The molecule has 1 fully saturated rings. The molecule has 7 nitrogen and oxygen atoms in total. The number of carbonyl (C=O) groups is 3. The summed E-state index contributed by atoms with van der Waals surface area (Å²) in [6.45, 7) is 0. The van der Waals surface area contributed by atoms with Crippen molar-refractivity contribution in [3.05, 3.63) is 47.1 Å². The van der Waals surface area contributed by atoms with E-state index in [1.165, 1.54) is 21.3 Å². The zero-order chi connectivity index (χ0) is 21.2. The van der Waals surface area contributed by atoms with Gasteiger partial charge in [-0.15, -0.1) is 0 Å². The lowest BCUT2D eigenvalue weighted by Gasteiger charge is -2.24. The zero-order valence-electron chi connectivity index (χ0n) is 16.9. The standard InChI is InChI=1S/C22H24O7/c1-26-16-7-5-13(6-8-16)17-9-14-11-22(20(24)28-3,21(25)29-4)12-15(14)10-18(17)19(23)27-2/h5-8,10,14H,9,11-12H2,1-4H3/t14-/m1/s1. The number of esters is 3. The molecule has 0 N–H and O–H groups in total. The number of fused-ring (bicyclic) bond motifs is 1. The second kappa shape index (κ2) is 8.11. The van der Waals surface area contributed by atoms with Gasteiger partial charge in [0.1, 0.15) is 5.75 Å². The molecule has 29 heavy (non-hydrogen) atoms. The van der Waals surface area contributed by atoms with Crippen molar-refractivity contribution in [1.29, 1.82) is 0 Å². The lowest BCUT2D eigenvalue weighted by molar-refractivity contribution is -0.168. The van der Waals surface area contributed by atoms with Crippen LogP contribution < -0.4 is 4.74 Å². The SMILES string of the molecule is COC(=O)C1=C(c2ccc(OC)cc2)C[C@@H]2CC(C(=O)OC)(C(=O)OC)CC2=C1. The first-order valence-electron chi connectivity index (χ1n) is 9.23. The van der Waals surface area contributed by atoms with Crippen molar-refractivity contribution < 1.29 is 33.3 Å². The van der Waals surface area contributed by atoms with E-state index in [9.17, 15) is 14.4 Å². The van der Waals surface area contributed by atoms with Gasteiger partial charge in [-0.25, -0.2) is 4.79 Å². The van der Waals surface area contributed by atoms with Crippen LogP contribution in [0.2, 0.25) is 0 Å². The van der Waals surface area contributed by atoms with Gasteiger partial charge in [-0.1, -0.05) is 17.7 Å². The molecule has 0 amide bonds. The van der Waals surface area contributed by atoms with Crippen molar-refractivity contribution >= 4 is 23.5 Å². The molecule has 1 atom stereocenters. The predicted octanol–water partition coefficient (Wildman–Crippen LogP) is 2.69. The Balaban J connectivity index is 2.03. The minimum atomic E-state index is -1.39. The minimum Gasteiger partial charge on any atom is -0.497 e. The number of rotatable bonds is 5. The summed E-state index contributed by atoms with van der Waals surface area (Å²) in [5, 5.41) is 0. The smallest absolute Gasteiger partial charge is 0.338 e. The fraction of sp³-hybridized carbons (Fsp3) is 0.409. The lowest BCUT2D eigenvalue weighted by atomic mass is 9.81. The lowest BCUT2D eigenvalue weighted by Crippen LogP contribution is -2.39. The Morgan fingerprint density at radius 1 is 0.931 bits per heavy atom. The van der Waals surface area contributed by atoms with Crippen molar-refractivity contribution in [2.24, 2.45) is 11.3 Å². The fourth-order valence-corrected chi connectivity index (χ4v) is 4.26.